The molecule has 0 unspecified atom stereocenters. The summed E-state index contributed by atoms with van der Waals surface area (Å²) in [6.45, 7) is 11.6. The smallest absolute Gasteiger partial charge is 0.236 e. The fourth-order valence-electron chi connectivity index (χ4n) is 3.74. The average Bonchev–Trinajstić information content (AvgIpc) is 3.32. The van der Waals surface area contributed by atoms with E-state index in [1.54, 1.807) is 6.26 Å². The quantitative estimate of drug-likeness (QED) is 0.329. The maximum Gasteiger partial charge on any atom is 0.236 e. The van der Waals surface area contributed by atoms with Crippen LogP contribution in [0.25, 0.3) is 0 Å². The lowest BCUT2D eigenvalue weighted by molar-refractivity contribution is -0.136. The molecule has 2 saturated heterocycles. The summed E-state index contributed by atoms with van der Waals surface area (Å²) in [5.74, 6) is 2.11. The summed E-state index contributed by atoms with van der Waals surface area (Å²) in [5, 5.41) is 3.49. The van der Waals surface area contributed by atoms with Gasteiger partial charge in [0.2, 0.25) is 5.91 Å². The number of ether oxygens (including phenoxy) is 2. The molecule has 0 aliphatic carbocycles. The van der Waals surface area contributed by atoms with Gasteiger partial charge in [-0.1, -0.05) is 0 Å². The first-order valence-electron chi connectivity index (χ1n) is 11.5. The number of rotatable bonds is 10. The molecule has 9 heteroatoms. The first kappa shape index (κ1) is 23.6. The third-order valence-corrected chi connectivity index (χ3v) is 5.54. The molecular formula is C22H37N5O4. The summed E-state index contributed by atoms with van der Waals surface area (Å²) < 4.78 is 16.2. The van der Waals surface area contributed by atoms with Gasteiger partial charge in [-0.25, -0.2) is 0 Å². The van der Waals surface area contributed by atoms with Gasteiger partial charge in [0.25, 0.3) is 0 Å². The molecular weight excluding hydrogens is 398 g/mol. The summed E-state index contributed by atoms with van der Waals surface area (Å²) >= 11 is 0. The lowest BCUT2D eigenvalue weighted by Gasteiger charge is -2.37. The van der Waals surface area contributed by atoms with Crippen LogP contribution in [0.5, 0.6) is 0 Å². The van der Waals surface area contributed by atoms with Crippen LogP contribution in [0, 0.1) is 0 Å². The number of hydrogen-bond donors (Lipinski definition) is 1. The van der Waals surface area contributed by atoms with Crippen molar-refractivity contribution in [2.75, 3.05) is 85.3 Å². The SMILES string of the molecule is CCOCCCN=C(NCCc1ccco1)N1CCN(CC(=O)N2CCOCC2)CC1. The molecule has 2 aliphatic rings. The Hall–Kier alpha value is -2.10. The van der Waals surface area contributed by atoms with Crippen molar-refractivity contribution in [1.29, 1.82) is 0 Å². The molecule has 1 aromatic heterocycles. The summed E-state index contributed by atoms with van der Waals surface area (Å²) in [7, 11) is 0. The first-order valence-corrected chi connectivity index (χ1v) is 11.5. The van der Waals surface area contributed by atoms with E-state index in [4.69, 9.17) is 18.9 Å². The van der Waals surface area contributed by atoms with Crippen molar-refractivity contribution in [1.82, 2.24) is 20.0 Å². The zero-order chi connectivity index (χ0) is 21.7. The first-order chi connectivity index (χ1) is 15.3. The molecule has 0 saturated carbocycles. The second kappa shape index (κ2) is 13.3. The monoisotopic (exact) mass is 435 g/mol. The number of carbonyl (C=O) groups is 1. The minimum Gasteiger partial charge on any atom is -0.469 e. The number of carbonyl (C=O) groups excluding carboxylic acids is 1. The van der Waals surface area contributed by atoms with E-state index >= 15 is 0 Å². The highest BCUT2D eigenvalue weighted by Crippen LogP contribution is 2.06. The van der Waals surface area contributed by atoms with Crippen molar-refractivity contribution >= 4 is 11.9 Å². The van der Waals surface area contributed by atoms with Gasteiger partial charge >= 0.3 is 0 Å². The standard InChI is InChI=1S/C22H37N5O4/c1-2-29-15-4-7-23-22(24-8-6-20-5-3-16-31-20)27-11-9-25(10-12-27)19-21(28)26-13-17-30-18-14-26/h3,5,16H,2,4,6-15,17-19H2,1H3,(H,23,24). The minimum absolute atomic E-state index is 0.207. The molecule has 1 aromatic rings. The summed E-state index contributed by atoms with van der Waals surface area (Å²) in [6, 6.07) is 3.90. The normalized spacial score (nSPS) is 18.4. The van der Waals surface area contributed by atoms with Gasteiger partial charge in [0, 0.05) is 72.0 Å². The number of furan rings is 1. The van der Waals surface area contributed by atoms with Crippen LogP contribution in [0.15, 0.2) is 27.8 Å². The second-order valence-corrected chi connectivity index (χ2v) is 7.77. The average molecular weight is 436 g/mol. The molecule has 174 valence electrons. The zero-order valence-electron chi connectivity index (χ0n) is 18.8. The Bertz CT molecular complexity index is 653. The second-order valence-electron chi connectivity index (χ2n) is 7.77. The number of amides is 1. The van der Waals surface area contributed by atoms with Crippen molar-refractivity contribution in [2.45, 2.75) is 19.8 Å². The van der Waals surface area contributed by atoms with Crippen LogP contribution in [0.4, 0.5) is 0 Å². The molecule has 3 rings (SSSR count). The van der Waals surface area contributed by atoms with E-state index in [0.717, 1.165) is 77.0 Å². The molecule has 2 aliphatic heterocycles. The minimum atomic E-state index is 0.207. The lowest BCUT2D eigenvalue weighted by atomic mass is 10.3. The van der Waals surface area contributed by atoms with Crippen LogP contribution < -0.4 is 5.32 Å². The van der Waals surface area contributed by atoms with Crippen molar-refractivity contribution in [2.24, 2.45) is 4.99 Å². The Balaban J connectivity index is 1.45. The van der Waals surface area contributed by atoms with Gasteiger partial charge in [0.1, 0.15) is 5.76 Å². The van der Waals surface area contributed by atoms with Crippen molar-refractivity contribution in [3.63, 3.8) is 0 Å². The number of morpholine rings is 1. The number of hydrogen-bond acceptors (Lipinski definition) is 6. The van der Waals surface area contributed by atoms with Crippen LogP contribution in [0.3, 0.4) is 0 Å². The molecule has 1 N–H and O–H groups in total. The van der Waals surface area contributed by atoms with E-state index in [1.165, 1.54) is 0 Å². The maximum absolute atomic E-state index is 12.5. The predicted molar refractivity (Wildman–Crippen MR) is 119 cm³/mol. The molecule has 0 atom stereocenters. The molecule has 1 amide bonds. The Labute approximate surface area is 185 Å². The zero-order valence-corrected chi connectivity index (χ0v) is 18.8. The van der Waals surface area contributed by atoms with Crippen LogP contribution in [-0.2, 0) is 20.7 Å². The van der Waals surface area contributed by atoms with E-state index in [-0.39, 0.29) is 5.91 Å². The number of nitrogens with one attached hydrogen (secondary N) is 1. The number of piperazine rings is 1. The van der Waals surface area contributed by atoms with Crippen molar-refractivity contribution in [3.05, 3.63) is 24.2 Å². The topological polar surface area (TPSA) is 82.8 Å². The molecule has 0 spiro atoms. The predicted octanol–water partition coefficient (Wildman–Crippen LogP) is 0.671. The molecule has 0 bridgehead atoms. The van der Waals surface area contributed by atoms with Gasteiger partial charge in [-0.2, -0.15) is 0 Å². The Morgan fingerprint density at radius 1 is 1.16 bits per heavy atom. The van der Waals surface area contributed by atoms with Crippen molar-refractivity contribution in [3.8, 4) is 0 Å². The molecule has 0 aromatic carbocycles. The van der Waals surface area contributed by atoms with Gasteiger partial charge < -0.3 is 29.0 Å². The van der Waals surface area contributed by atoms with Gasteiger partial charge in [-0.3, -0.25) is 14.7 Å². The van der Waals surface area contributed by atoms with Gasteiger partial charge in [-0.05, 0) is 25.5 Å². The fourth-order valence-corrected chi connectivity index (χ4v) is 3.74. The van der Waals surface area contributed by atoms with Gasteiger partial charge in [0.15, 0.2) is 5.96 Å². The highest BCUT2D eigenvalue weighted by molar-refractivity contribution is 5.80. The largest absolute Gasteiger partial charge is 0.469 e. The highest BCUT2D eigenvalue weighted by Gasteiger charge is 2.24. The summed E-state index contributed by atoms with van der Waals surface area (Å²) in [5.41, 5.74) is 0. The van der Waals surface area contributed by atoms with Crippen LogP contribution in [-0.4, -0.2) is 112 Å². The number of guanidine groups is 1. The van der Waals surface area contributed by atoms with Crippen LogP contribution in [0.1, 0.15) is 19.1 Å². The van der Waals surface area contributed by atoms with Gasteiger partial charge in [0.05, 0.1) is 26.0 Å². The molecule has 0 radical (unpaired) electrons. The number of aliphatic imine (C=N–C) groups is 1. The van der Waals surface area contributed by atoms with E-state index in [1.807, 2.05) is 24.0 Å². The van der Waals surface area contributed by atoms with Gasteiger partial charge in [-0.15, -0.1) is 0 Å². The Kier molecular flexibility index (Phi) is 10.1. The van der Waals surface area contributed by atoms with E-state index < -0.39 is 0 Å². The molecule has 3 heterocycles. The van der Waals surface area contributed by atoms with Crippen LogP contribution in [0.2, 0.25) is 0 Å². The third kappa shape index (κ3) is 8.16. The molecule has 2 fully saturated rings. The lowest BCUT2D eigenvalue weighted by Crippen LogP contribution is -2.55. The summed E-state index contributed by atoms with van der Waals surface area (Å²) in [6.07, 6.45) is 3.43. The maximum atomic E-state index is 12.5. The van der Waals surface area contributed by atoms with Crippen LogP contribution >= 0.6 is 0 Å². The number of nitrogens with zero attached hydrogens (tertiary/aromatic N) is 4. The fraction of sp³-hybridized carbons (Fsp3) is 0.727. The molecule has 9 nitrogen and oxygen atoms in total. The van der Waals surface area contributed by atoms with E-state index in [2.05, 4.69) is 15.1 Å². The van der Waals surface area contributed by atoms with E-state index in [9.17, 15) is 4.79 Å². The Morgan fingerprint density at radius 3 is 2.68 bits per heavy atom. The third-order valence-electron chi connectivity index (χ3n) is 5.54. The highest BCUT2D eigenvalue weighted by atomic mass is 16.5. The van der Waals surface area contributed by atoms with Crippen molar-refractivity contribution < 1.29 is 18.7 Å². The molecule has 31 heavy (non-hydrogen) atoms. The summed E-state index contributed by atoms with van der Waals surface area (Å²) in [4.78, 5) is 23.8. The Morgan fingerprint density at radius 2 is 1.97 bits per heavy atom. The van der Waals surface area contributed by atoms with E-state index in [0.29, 0.717) is 32.8 Å².